The molecule has 0 spiro atoms. The molecule has 104 valence electrons. The van der Waals surface area contributed by atoms with E-state index in [0.717, 1.165) is 5.56 Å². The maximum Gasteiger partial charge on any atom is 0.193 e. The zero-order chi connectivity index (χ0) is 14.0. The first kappa shape index (κ1) is 13.0. The van der Waals surface area contributed by atoms with Gasteiger partial charge in [-0.05, 0) is 18.4 Å². The summed E-state index contributed by atoms with van der Waals surface area (Å²) < 4.78 is 7.00. The number of nitrogens with zero attached hydrogens (tertiary/aromatic N) is 3. The predicted octanol–water partition coefficient (Wildman–Crippen LogP) is 1.75. The molecule has 0 amide bonds. The lowest BCUT2D eigenvalue weighted by atomic mass is 9.70. The standard InChI is InChI=1S/C15H17N3O2/c1-18-13(11-16-17-18)14(19)15(7-9-20-10-8-15)12-5-3-2-4-6-12/h2-6,11H,7-10H2,1H3. The second-order valence-electron chi connectivity index (χ2n) is 5.13. The molecular formula is C15H17N3O2. The largest absolute Gasteiger partial charge is 0.381 e. The van der Waals surface area contributed by atoms with Crippen LogP contribution in [0.5, 0.6) is 0 Å². The summed E-state index contributed by atoms with van der Waals surface area (Å²) in [5.74, 6) is 0.0829. The van der Waals surface area contributed by atoms with E-state index < -0.39 is 5.41 Å². The number of Topliss-reactive ketones (excluding diaryl/α,β-unsaturated/α-hetero) is 1. The number of rotatable bonds is 3. The molecule has 1 aliphatic rings. The second-order valence-corrected chi connectivity index (χ2v) is 5.13. The van der Waals surface area contributed by atoms with E-state index >= 15 is 0 Å². The number of ketones is 1. The highest BCUT2D eigenvalue weighted by atomic mass is 16.5. The van der Waals surface area contributed by atoms with Crippen molar-refractivity contribution in [3.05, 3.63) is 47.8 Å². The van der Waals surface area contributed by atoms with E-state index in [9.17, 15) is 4.79 Å². The van der Waals surface area contributed by atoms with Crippen LogP contribution in [0.25, 0.3) is 0 Å². The van der Waals surface area contributed by atoms with Crippen molar-refractivity contribution in [1.29, 1.82) is 0 Å². The van der Waals surface area contributed by atoms with Crippen molar-refractivity contribution in [2.45, 2.75) is 18.3 Å². The number of ether oxygens (including phenoxy) is 1. The molecule has 0 radical (unpaired) electrons. The van der Waals surface area contributed by atoms with Crippen LogP contribution in [0.15, 0.2) is 36.5 Å². The van der Waals surface area contributed by atoms with Gasteiger partial charge in [0.05, 0.1) is 11.6 Å². The second kappa shape index (κ2) is 5.17. The Morgan fingerprint density at radius 1 is 1.25 bits per heavy atom. The van der Waals surface area contributed by atoms with Gasteiger partial charge in [-0.3, -0.25) is 4.79 Å². The number of benzene rings is 1. The van der Waals surface area contributed by atoms with Gasteiger partial charge in [-0.15, -0.1) is 5.10 Å². The van der Waals surface area contributed by atoms with Crippen LogP contribution in [-0.4, -0.2) is 34.0 Å². The van der Waals surface area contributed by atoms with E-state index in [2.05, 4.69) is 10.3 Å². The van der Waals surface area contributed by atoms with Crippen molar-refractivity contribution in [1.82, 2.24) is 15.0 Å². The van der Waals surface area contributed by atoms with Crippen LogP contribution in [0.4, 0.5) is 0 Å². The number of hydrogen-bond donors (Lipinski definition) is 0. The Morgan fingerprint density at radius 3 is 2.55 bits per heavy atom. The van der Waals surface area contributed by atoms with Crippen LogP contribution in [0, 0.1) is 0 Å². The summed E-state index contributed by atoms with van der Waals surface area (Å²) in [7, 11) is 1.75. The smallest absolute Gasteiger partial charge is 0.193 e. The molecule has 5 heteroatoms. The van der Waals surface area contributed by atoms with Crippen molar-refractivity contribution in [2.75, 3.05) is 13.2 Å². The molecule has 2 aromatic rings. The summed E-state index contributed by atoms with van der Waals surface area (Å²) in [5.41, 5.74) is 1.08. The molecule has 3 rings (SSSR count). The summed E-state index contributed by atoms with van der Waals surface area (Å²) in [6.45, 7) is 1.21. The zero-order valence-corrected chi connectivity index (χ0v) is 11.5. The summed E-state index contributed by atoms with van der Waals surface area (Å²) in [6, 6.07) is 9.95. The maximum atomic E-state index is 13.0. The normalized spacial score (nSPS) is 17.9. The lowest BCUT2D eigenvalue weighted by molar-refractivity contribution is 0.0418. The molecule has 0 atom stereocenters. The Labute approximate surface area is 117 Å². The van der Waals surface area contributed by atoms with Crippen LogP contribution in [-0.2, 0) is 17.2 Å². The van der Waals surface area contributed by atoms with Crippen molar-refractivity contribution in [3.63, 3.8) is 0 Å². The third-order valence-electron chi connectivity index (χ3n) is 4.05. The van der Waals surface area contributed by atoms with Crippen molar-refractivity contribution >= 4 is 5.78 Å². The molecule has 1 aliphatic heterocycles. The van der Waals surface area contributed by atoms with E-state index in [1.54, 1.807) is 17.9 Å². The van der Waals surface area contributed by atoms with E-state index in [1.807, 2.05) is 30.3 Å². The SMILES string of the molecule is Cn1nncc1C(=O)C1(c2ccccc2)CCOCC1. The Bertz CT molecular complexity index is 601. The van der Waals surface area contributed by atoms with Gasteiger partial charge >= 0.3 is 0 Å². The lowest BCUT2D eigenvalue weighted by Gasteiger charge is -2.36. The first-order valence-electron chi connectivity index (χ1n) is 6.77. The number of carbonyl (C=O) groups excluding carboxylic acids is 1. The fourth-order valence-electron chi connectivity index (χ4n) is 2.86. The lowest BCUT2D eigenvalue weighted by Crippen LogP contribution is -2.42. The average Bonchev–Trinajstić information content (AvgIpc) is 2.94. The molecule has 1 aromatic carbocycles. The van der Waals surface area contributed by atoms with Crippen molar-refractivity contribution in [2.24, 2.45) is 7.05 Å². The van der Waals surface area contributed by atoms with E-state index in [0.29, 0.717) is 31.7 Å². The highest BCUT2D eigenvalue weighted by Gasteiger charge is 2.43. The van der Waals surface area contributed by atoms with Gasteiger partial charge in [0.1, 0.15) is 5.69 Å². The van der Waals surface area contributed by atoms with Gasteiger partial charge in [-0.1, -0.05) is 35.5 Å². The monoisotopic (exact) mass is 271 g/mol. The molecule has 0 saturated carbocycles. The number of carbonyl (C=O) groups is 1. The van der Waals surface area contributed by atoms with Crippen molar-refractivity contribution in [3.8, 4) is 0 Å². The van der Waals surface area contributed by atoms with E-state index in [-0.39, 0.29) is 5.78 Å². The first-order valence-corrected chi connectivity index (χ1v) is 6.77. The summed E-state index contributed by atoms with van der Waals surface area (Å²) >= 11 is 0. The van der Waals surface area contributed by atoms with Gasteiger partial charge < -0.3 is 4.74 Å². The molecule has 0 unspecified atom stereocenters. The Kier molecular flexibility index (Phi) is 3.36. The number of aryl methyl sites for hydroxylation is 1. The van der Waals surface area contributed by atoms with Gasteiger partial charge in [-0.25, -0.2) is 4.68 Å². The molecule has 0 N–H and O–H groups in total. The summed E-state index contributed by atoms with van der Waals surface area (Å²) in [4.78, 5) is 13.0. The minimum atomic E-state index is -0.519. The highest BCUT2D eigenvalue weighted by molar-refractivity contribution is 6.02. The molecule has 1 fully saturated rings. The fourth-order valence-corrected chi connectivity index (χ4v) is 2.86. The minimum absolute atomic E-state index is 0.0829. The maximum absolute atomic E-state index is 13.0. The predicted molar refractivity (Wildman–Crippen MR) is 73.5 cm³/mol. The summed E-state index contributed by atoms with van der Waals surface area (Å²) in [6.07, 6.45) is 2.94. The Hall–Kier alpha value is -2.01. The molecular weight excluding hydrogens is 254 g/mol. The molecule has 0 aliphatic carbocycles. The molecule has 5 nitrogen and oxygen atoms in total. The number of hydrogen-bond acceptors (Lipinski definition) is 4. The fraction of sp³-hybridized carbons (Fsp3) is 0.400. The van der Waals surface area contributed by atoms with Gasteiger partial charge in [0.15, 0.2) is 5.78 Å². The third-order valence-corrected chi connectivity index (χ3v) is 4.05. The van der Waals surface area contributed by atoms with Crippen molar-refractivity contribution < 1.29 is 9.53 Å². The van der Waals surface area contributed by atoms with Crippen LogP contribution < -0.4 is 0 Å². The Morgan fingerprint density at radius 2 is 1.95 bits per heavy atom. The van der Waals surface area contributed by atoms with E-state index in [4.69, 9.17) is 4.74 Å². The molecule has 2 heterocycles. The minimum Gasteiger partial charge on any atom is -0.381 e. The third kappa shape index (κ3) is 2.04. The summed E-state index contributed by atoms with van der Waals surface area (Å²) in [5, 5.41) is 7.70. The van der Waals surface area contributed by atoms with Crippen LogP contribution in [0.3, 0.4) is 0 Å². The average molecular weight is 271 g/mol. The molecule has 0 bridgehead atoms. The van der Waals surface area contributed by atoms with Gasteiger partial charge in [0.25, 0.3) is 0 Å². The van der Waals surface area contributed by atoms with Gasteiger partial charge in [0.2, 0.25) is 0 Å². The Balaban J connectivity index is 2.07. The first-order chi connectivity index (χ1) is 9.74. The van der Waals surface area contributed by atoms with Gasteiger partial charge in [0, 0.05) is 20.3 Å². The molecule has 1 saturated heterocycles. The van der Waals surface area contributed by atoms with E-state index in [1.165, 1.54) is 0 Å². The van der Waals surface area contributed by atoms with Crippen LogP contribution in [0.1, 0.15) is 28.9 Å². The highest BCUT2D eigenvalue weighted by Crippen LogP contribution is 2.37. The quantitative estimate of drug-likeness (QED) is 0.798. The van der Waals surface area contributed by atoms with Gasteiger partial charge in [-0.2, -0.15) is 0 Å². The topological polar surface area (TPSA) is 57.0 Å². The molecule has 1 aromatic heterocycles. The molecule has 20 heavy (non-hydrogen) atoms. The number of aromatic nitrogens is 3. The zero-order valence-electron chi connectivity index (χ0n) is 11.5. The van der Waals surface area contributed by atoms with Crippen LogP contribution in [0.2, 0.25) is 0 Å². The van der Waals surface area contributed by atoms with Crippen LogP contribution >= 0.6 is 0 Å².